The van der Waals surface area contributed by atoms with E-state index in [1.54, 1.807) is 36.4 Å². The number of nitrogens with zero attached hydrogens (tertiary/aromatic N) is 2. The molecular weight excluding hydrogens is 516 g/mol. The van der Waals surface area contributed by atoms with E-state index in [0.29, 0.717) is 32.6 Å². The summed E-state index contributed by atoms with van der Waals surface area (Å²) >= 11 is 6.74. The Kier molecular flexibility index (Phi) is 6.27. The van der Waals surface area contributed by atoms with Crippen LogP contribution in [0.1, 0.15) is 0 Å². The normalized spacial score (nSPS) is 13.4. The molecule has 0 aliphatic carbocycles. The van der Waals surface area contributed by atoms with Crippen molar-refractivity contribution in [1.29, 1.82) is 0 Å². The van der Waals surface area contributed by atoms with Crippen LogP contribution < -0.4 is 0 Å². The zero-order valence-corrected chi connectivity index (χ0v) is 19.5. The number of benzene rings is 2. The van der Waals surface area contributed by atoms with E-state index in [-0.39, 0.29) is 4.90 Å². The molecule has 27 heavy (non-hydrogen) atoms. The van der Waals surface area contributed by atoms with Gasteiger partial charge in [0.15, 0.2) is 0 Å². The smallest absolute Gasteiger partial charge is 0.268 e. The number of aromatic nitrogens is 1. The van der Waals surface area contributed by atoms with E-state index >= 15 is 0 Å². The highest BCUT2D eigenvalue weighted by Gasteiger charge is 2.23. The zero-order valence-electron chi connectivity index (χ0n) is 14.7. The molecule has 1 unspecified atom stereocenters. The third-order valence-electron chi connectivity index (χ3n) is 4.02. The van der Waals surface area contributed by atoms with Crippen LogP contribution in [0.5, 0.6) is 0 Å². The van der Waals surface area contributed by atoms with Gasteiger partial charge in [-0.3, -0.25) is 4.21 Å². The summed E-state index contributed by atoms with van der Waals surface area (Å²) in [6.45, 7) is 0.645. The minimum atomic E-state index is -3.82. The fourth-order valence-corrected chi connectivity index (χ4v) is 6.42. The van der Waals surface area contributed by atoms with Crippen molar-refractivity contribution in [3.05, 3.63) is 57.6 Å². The number of halogens is 2. The summed E-state index contributed by atoms with van der Waals surface area (Å²) in [5, 5.41) is 0.667. The molecule has 144 valence electrons. The lowest BCUT2D eigenvalue weighted by molar-refractivity contribution is 0.435. The molecule has 0 aliphatic rings. The summed E-state index contributed by atoms with van der Waals surface area (Å²) < 4.78 is 42.0. The quantitative estimate of drug-likeness (QED) is 0.479. The minimum absolute atomic E-state index is 0.169. The van der Waals surface area contributed by atoms with Crippen LogP contribution in [-0.2, 0) is 20.8 Å². The fourth-order valence-electron chi connectivity index (χ4n) is 2.64. The summed E-state index contributed by atoms with van der Waals surface area (Å²) in [6.07, 6.45) is 1.49. The van der Waals surface area contributed by atoms with Gasteiger partial charge < -0.3 is 4.90 Å². The van der Waals surface area contributed by atoms with Crippen LogP contribution in [-0.4, -0.2) is 47.9 Å². The molecule has 1 aromatic heterocycles. The molecule has 0 spiro atoms. The SMILES string of the molecule is CN(C)CCS(=O)c1cn(S(=O)(=O)c2cccc(Br)c2)c2ccc(Br)cc12. The van der Waals surface area contributed by atoms with Gasteiger partial charge in [-0.25, -0.2) is 12.4 Å². The number of hydrogen-bond acceptors (Lipinski definition) is 4. The molecule has 0 amide bonds. The van der Waals surface area contributed by atoms with Gasteiger partial charge in [0.05, 0.1) is 26.1 Å². The van der Waals surface area contributed by atoms with E-state index in [1.165, 1.54) is 10.2 Å². The monoisotopic (exact) mass is 532 g/mol. The molecule has 0 radical (unpaired) electrons. The summed E-state index contributed by atoms with van der Waals surface area (Å²) in [5.74, 6) is 0.426. The van der Waals surface area contributed by atoms with E-state index in [2.05, 4.69) is 31.9 Å². The van der Waals surface area contributed by atoms with Crippen molar-refractivity contribution in [1.82, 2.24) is 8.87 Å². The summed E-state index contributed by atoms with van der Waals surface area (Å²) in [7, 11) is -1.31. The molecule has 3 rings (SSSR count). The maximum absolute atomic E-state index is 13.2. The van der Waals surface area contributed by atoms with Crippen molar-refractivity contribution in [3.8, 4) is 0 Å². The summed E-state index contributed by atoms with van der Waals surface area (Å²) in [4.78, 5) is 2.64. The highest BCUT2D eigenvalue weighted by molar-refractivity contribution is 9.10. The molecule has 1 atom stereocenters. The van der Waals surface area contributed by atoms with Crippen LogP contribution in [0.2, 0.25) is 0 Å². The predicted molar refractivity (Wildman–Crippen MR) is 116 cm³/mol. The van der Waals surface area contributed by atoms with Gasteiger partial charge in [0.25, 0.3) is 10.0 Å². The molecule has 0 N–H and O–H groups in total. The van der Waals surface area contributed by atoms with Crippen molar-refractivity contribution in [2.45, 2.75) is 9.79 Å². The first-order chi connectivity index (χ1) is 12.7. The molecule has 0 bridgehead atoms. The van der Waals surface area contributed by atoms with Crippen molar-refractivity contribution in [3.63, 3.8) is 0 Å². The van der Waals surface area contributed by atoms with Crippen LogP contribution in [0.3, 0.4) is 0 Å². The standard InChI is InChI=1S/C18H18Br2N2O3S2/c1-21(2)8-9-26(23)18-12-22(17-7-6-14(20)11-16(17)18)27(24,25)15-5-3-4-13(19)10-15/h3-7,10-12H,8-9H2,1-2H3. The third kappa shape index (κ3) is 4.37. The maximum atomic E-state index is 13.2. The largest absolute Gasteiger partial charge is 0.308 e. The fraction of sp³-hybridized carbons (Fsp3) is 0.222. The van der Waals surface area contributed by atoms with Gasteiger partial charge in [-0.15, -0.1) is 0 Å². The molecule has 1 heterocycles. The van der Waals surface area contributed by atoms with Crippen LogP contribution in [0.15, 0.2) is 67.4 Å². The van der Waals surface area contributed by atoms with E-state index in [1.807, 2.05) is 25.1 Å². The Bertz CT molecular complexity index is 1120. The second kappa shape index (κ2) is 8.16. The van der Waals surface area contributed by atoms with Gasteiger partial charge in [0, 0.05) is 32.8 Å². The Labute approximate surface area is 178 Å². The Morgan fingerprint density at radius 2 is 1.78 bits per heavy atom. The minimum Gasteiger partial charge on any atom is -0.308 e. The van der Waals surface area contributed by atoms with Gasteiger partial charge in [-0.2, -0.15) is 0 Å². The molecular formula is C18H18Br2N2O3S2. The van der Waals surface area contributed by atoms with Crippen molar-refractivity contribution in [2.75, 3.05) is 26.4 Å². The lowest BCUT2D eigenvalue weighted by Gasteiger charge is -2.08. The number of hydrogen-bond donors (Lipinski definition) is 0. The molecule has 5 nitrogen and oxygen atoms in total. The van der Waals surface area contributed by atoms with E-state index < -0.39 is 20.8 Å². The number of rotatable bonds is 6. The molecule has 2 aromatic carbocycles. The molecule has 0 saturated carbocycles. The Balaban J connectivity index is 2.18. The van der Waals surface area contributed by atoms with Gasteiger partial charge >= 0.3 is 0 Å². The highest BCUT2D eigenvalue weighted by Crippen LogP contribution is 2.31. The molecule has 9 heteroatoms. The second-order valence-electron chi connectivity index (χ2n) is 6.27. The highest BCUT2D eigenvalue weighted by atomic mass is 79.9. The van der Waals surface area contributed by atoms with Crippen LogP contribution in [0.4, 0.5) is 0 Å². The second-order valence-corrected chi connectivity index (χ2v) is 11.5. The average molecular weight is 534 g/mol. The van der Waals surface area contributed by atoms with Crippen LogP contribution >= 0.6 is 31.9 Å². The topological polar surface area (TPSA) is 59.4 Å². The van der Waals surface area contributed by atoms with Gasteiger partial charge in [-0.05, 0) is 50.5 Å². The first kappa shape index (κ1) is 20.7. The molecule has 0 aliphatic heterocycles. The zero-order chi connectivity index (χ0) is 19.8. The van der Waals surface area contributed by atoms with E-state index in [0.717, 1.165) is 4.47 Å². The molecule has 0 saturated heterocycles. The van der Waals surface area contributed by atoms with Crippen LogP contribution in [0.25, 0.3) is 10.9 Å². The first-order valence-corrected chi connectivity index (χ1v) is 12.4. The van der Waals surface area contributed by atoms with Crippen LogP contribution in [0, 0.1) is 0 Å². The molecule has 0 fully saturated rings. The van der Waals surface area contributed by atoms with Gasteiger partial charge in [0.1, 0.15) is 0 Å². The lowest BCUT2D eigenvalue weighted by Crippen LogP contribution is -2.19. The maximum Gasteiger partial charge on any atom is 0.268 e. The Hall–Kier alpha value is -1.00. The van der Waals surface area contributed by atoms with E-state index in [4.69, 9.17) is 0 Å². The third-order valence-corrected chi connectivity index (χ3v) is 8.04. The Morgan fingerprint density at radius 3 is 2.44 bits per heavy atom. The molecule has 3 aromatic rings. The first-order valence-electron chi connectivity index (χ1n) is 8.05. The Morgan fingerprint density at radius 1 is 1.07 bits per heavy atom. The summed E-state index contributed by atoms with van der Waals surface area (Å²) in [5.41, 5.74) is 0.506. The lowest BCUT2D eigenvalue weighted by atomic mass is 10.2. The predicted octanol–water partition coefficient (Wildman–Crippen LogP) is 4.07. The van der Waals surface area contributed by atoms with Crippen molar-refractivity contribution < 1.29 is 12.6 Å². The average Bonchev–Trinajstić information content (AvgIpc) is 2.99. The number of fused-ring (bicyclic) bond motifs is 1. The summed E-state index contributed by atoms with van der Waals surface area (Å²) in [6, 6.07) is 11.9. The van der Waals surface area contributed by atoms with Gasteiger partial charge in [-0.1, -0.05) is 37.9 Å². The van der Waals surface area contributed by atoms with Crippen molar-refractivity contribution >= 4 is 63.6 Å². The van der Waals surface area contributed by atoms with E-state index in [9.17, 15) is 12.6 Å². The van der Waals surface area contributed by atoms with Crippen molar-refractivity contribution in [2.24, 2.45) is 0 Å². The van der Waals surface area contributed by atoms with Gasteiger partial charge in [0.2, 0.25) is 0 Å².